The molecule has 13 nitrogen and oxygen atoms in total. The van der Waals surface area contributed by atoms with E-state index in [1.54, 1.807) is 39.0 Å². The molecule has 1 heterocycles. The highest BCUT2D eigenvalue weighted by molar-refractivity contribution is 7.89. The van der Waals surface area contributed by atoms with E-state index in [1.165, 1.54) is 24.0 Å². The van der Waals surface area contributed by atoms with Crippen molar-refractivity contribution in [1.82, 2.24) is 10.2 Å². The number of nitro benzene ring substituents is 1. The summed E-state index contributed by atoms with van der Waals surface area (Å²) in [5.74, 6) is -2.65. The minimum absolute atomic E-state index is 0.104. The third-order valence-electron chi connectivity index (χ3n) is 5.70. The number of carbonyl (C=O) groups excluding carboxylic acids is 3. The average Bonchev–Trinajstić information content (AvgIpc) is 3.32. The summed E-state index contributed by atoms with van der Waals surface area (Å²) in [5, 5.41) is 19.5. The van der Waals surface area contributed by atoms with Crippen LogP contribution < -0.4 is 15.2 Å². The van der Waals surface area contributed by atoms with Crippen LogP contribution in [-0.4, -0.2) is 60.3 Å². The van der Waals surface area contributed by atoms with Crippen molar-refractivity contribution in [2.24, 2.45) is 5.14 Å². The van der Waals surface area contributed by atoms with Crippen LogP contribution in [0, 0.1) is 10.1 Å². The molecular weight excluding hydrogens is 532 g/mol. The molecule has 0 radical (unpaired) electrons. The predicted octanol–water partition coefficient (Wildman–Crippen LogP) is 2.49. The van der Waals surface area contributed by atoms with Gasteiger partial charge in [-0.2, -0.15) is 0 Å². The second kappa shape index (κ2) is 11.4. The standard InChI is InChI=1S/C25H30N4O9S/c1-15(23(31)28-12-8-11-18(28)24(32)38-25(2,3)4)27-22(30)16-13-19(29(33)34)21(20(14-16)39(26,35)36)37-17-9-6-5-7-10-17/h5-7,9-10,13-15,18H,8,11-12H2,1-4H3,(H,27,30)(H2,26,35,36)/t15-,18-/m0/s1. The number of hydrogen-bond acceptors (Lipinski definition) is 9. The number of rotatable bonds is 8. The van der Waals surface area contributed by atoms with Gasteiger partial charge in [0.2, 0.25) is 21.7 Å². The van der Waals surface area contributed by atoms with Crippen LogP contribution in [0.25, 0.3) is 0 Å². The topological polar surface area (TPSA) is 188 Å². The minimum atomic E-state index is -4.59. The molecule has 2 amide bonds. The molecule has 2 aromatic carbocycles. The molecule has 1 saturated heterocycles. The van der Waals surface area contributed by atoms with Gasteiger partial charge < -0.3 is 19.7 Å². The van der Waals surface area contributed by atoms with E-state index in [0.717, 1.165) is 12.1 Å². The van der Waals surface area contributed by atoms with Crippen LogP contribution in [0.1, 0.15) is 50.9 Å². The largest absolute Gasteiger partial charge is 0.458 e. The first-order chi connectivity index (χ1) is 18.1. The zero-order valence-electron chi connectivity index (χ0n) is 21.9. The number of sulfonamides is 1. The molecule has 0 aliphatic carbocycles. The Morgan fingerprint density at radius 1 is 1.18 bits per heavy atom. The van der Waals surface area contributed by atoms with E-state index in [4.69, 9.17) is 14.6 Å². The fraction of sp³-hybridized carbons (Fsp3) is 0.400. The van der Waals surface area contributed by atoms with Crippen molar-refractivity contribution >= 4 is 33.5 Å². The molecule has 210 valence electrons. The highest BCUT2D eigenvalue weighted by Crippen LogP contribution is 2.38. The van der Waals surface area contributed by atoms with Gasteiger partial charge in [-0.15, -0.1) is 0 Å². The second-order valence-corrected chi connectivity index (χ2v) is 11.5. The Morgan fingerprint density at radius 3 is 2.38 bits per heavy atom. The van der Waals surface area contributed by atoms with E-state index in [9.17, 15) is 32.9 Å². The number of nitrogens with zero attached hydrogens (tertiary/aromatic N) is 2. The molecule has 0 bridgehead atoms. The van der Waals surface area contributed by atoms with Crippen molar-refractivity contribution in [2.45, 2.75) is 63.1 Å². The van der Waals surface area contributed by atoms with E-state index in [2.05, 4.69) is 5.32 Å². The Kier molecular flexibility index (Phi) is 8.61. The Hall–Kier alpha value is -4.04. The summed E-state index contributed by atoms with van der Waals surface area (Å²) >= 11 is 0. The lowest BCUT2D eigenvalue weighted by molar-refractivity contribution is -0.385. The number of para-hydroxylation sites is 1. The molecule has 1 aliphatic heterocycles. The maximum Gasteiger partial charge on any atom is 0.329 e. The lowest BCUT2D eigenvalue weighted by Crippen LogP contribution is -2.51. The number of amides is 2. The average molecular weight is 563 g/mol. The van der Waals surface area contributed by atoms with Gasteiger partial charge in [0.05, 0.1) is 4.92 Å². The van der Waals surface area contributed by atoms with Crippen LogP contribution in [0.4, 0.5) is 5.69 Å². The van der Waals surface area contributed by atoms with E-state index in [-0.39, 0.29) is 12.3 Å². The number of nitro groups is 1. The van der Waals surface area contributed by atoms with Gasteiger partial charge in [0.15, 0.2) is 0 Å². The number of nitrogens with one attached hydrogen (secondary N) is 1. The van der Waals surface area contributed by atoms with Crippen LogP contribution >= 0.6 is 0 Å². The molecule has 0 saturated carbocycles. The molecule has 2 aromatic rings. The number of benzene rings is 2. The monoisotopic (exact) mass is 562 g/mol. The van der Waals surface area contributed by atoms with Crippen molar-refractivity contribution in [1.29, 1.82) is 0 Å². The third-order valence-corrected chi connectivity index (χ3v) is 6.61. The first kappa shape index (κ1) is 29.5. The summed E-state index contributed by atoms with van der Waals surface area (Å²) in [6.45, 7) is 6.78. The smallest absolute Gasteiger partial charge is 0.329 e. The van der Waals surface area contributed by atoms with Crippen LogP contribution in [-0.2, 0) is 24.3 Å². The van der Waals surface area contributed by atoms with Crippen LogP contribution in [0.2, 0.25) is 0 Å². The zero-order chi connectivity index (χ0) is 29.1. The summed E-state index contributed by atoms with van der Waals surface area (Å²) in [5.41, 5.74) is -2.00. The van der Waals surface area contributed by atoms with Gasteiger partial charge in [-0.05, 0) is 58.7 Å². The molecule has 0 unspecified atom stereocenters. The number of nitrogens with two attached hydrogens (primary N) is 1. The second-order valence-electron chi connectivity index (χ2n) is 9.96. The molecule has 14 heteroatoms. The van der Waals surface area contributed by atoms with Gasteiger partial charge in [-0.3, -0.25) is 19.7 Å². The van der Waals surface area contributed by atoms with E-state index >= 15 is 0 Å². The summed E-state index contributed by atoms with van der Waals surface area (Å²) in [7, 11) is -4.59. The molecule has 1 aliphatic rings. The molecule has 0 aromatic heterocycles. The zero-order valence-corrected chi connectivity index (χ0v) is 22.7. The third kappa shape index (κ3) is 7.29. The van der Waals surface area contributed by atoms with Crippen molar-refractivity contribution in [3.05, 3.63) is 58.1 Å². The van der Waals surface area contributed by atoms with Crippen molar-refractivity contribution in [2.75, 3.05) is 6.54 Å². The van der Waals surface area contributed by atoms with Gasteiger partial charge in [0.1, 0.15) is 28.3 Å². The SMILES string of the molecule is C[C@H](NC(=O)c1cc([N+](=O)[O-])c(Oc2ccccc2)c(S(N)(=O)=O)c1)C(=O)N1CCC[C@H]1C(=O)OC(C)(C)C. The molecule has 39 heavy (non-hydrogen) atoms. The number of ether oxygens (including phenoxy) is 2. The Bertz CT molecular complexity index is 1390. The molecule has 2 atom stereocenters. The van der Waals surface area contributed by atoms with Crippen molar-refractivity contribution in [3.8, 4) is 11.5 Å². The molecule has 0 spiro atoms. The van der Waals surface area contributed by atoms with Gasteiger partial charge in [-0.1, -0.05) is 18.2 Å². The molecule has 3 rings (SSSR count). The maximum absolute atomic E-state index is 13.1. The van der Waals surface area contributed by atoms with Gasteiger partial charge >= 0.3 is 11.7 Å². The molecular formula is C25H30N4O9S. The quantitative estimate of drug-likeness (QED) is 0.277. The Morgan fingerprint density at radius 2 is 1.82 bits per heavy atom. The van der Waals surface area contributed by atoms with Gasteiger partial charge in [0, 0.05) is 18.2 Å². The van der Waals surface area contributed by atoms with E-state index < -0.39 is 72.3 Å². The number of primary sulfonamides is 1. The normalized spacial score (nSPS) is 16.3. The summed E-state index contributed by atoms with van der Waals surface area (Å²) in [4.78, 5) is 50.2. The van der Waals surface area contributed by atoms with Gasteiger partial charge in [0.25, 0.3) is 5.91 Å². The summed E-state index contributed by atoms with van der Waals surface area (Å²) < 4.78 is 35.6. The van der Waals surface area contributed by atoms with Gasteiger partial charge in [-0.25, -0.2) is 18.4 Å². The van der Waals surface area contributed by atoms with Crippen LogP contribution in [0.3, 0.4) is 0 Å². The highest BCUT2D eigenvalue weighted by atomic mass is 32.2. The minimum Gasteiger partial charge on any atom is -0.458 e. The fourth-order valence-electron chi connectivity index (χ4n) is 4.01. The Balaban J connectivity index is 1.88. The lowest BCUT2D eigenvalue weighted by Gasteiger charge is -2.29. The molecule has 1 fully saturated rings. The molecule has 3 N–H and O–H groups in total. The maximum atomic E-state index is 13.1. The Labute approximate surface area is 225 Å². The first-order valence-corrected chi connectivity index (χ1v) is 13.6. The summed E-state index contributed by atoms with van der Waals surface area (Å²) in [6, 6.07) is 7.41. The van der Waals surface area contributed by atoms with Crippen molar-refractivity contribution < 1.29 is 37.2 Å². The lowest BCUT2D eigenvalue weighted by atomic mass is 10.1. The van der Waals surface area contributed by atoms with E-state index in [0.29, 0.717) is 12.8 Å². The highest BCUT2D eigenvalue weighted by Gasteiger charge is 2.39. The fourth-order valence-corrected chi connectivity index (χ4v) is 4.71. The van der Waals surface area contributed by atoms with Crippen LogP contribution in [0.15, 0.2) is 47.4 Å². The number of carbonyl (C=O) groups is 3. The predicted molar refractivity (Wildman–Crippen MR) is 138 cm³/mol. The number of hydrogen-bond donors (Lipinski definition) is 2. The number of likely N-dealkylation sites (tertiary alicyclic amines) is 1. The summed E-state index contributed by atoms with van der Waals surface area (Å²) in [6.07, 6.45) is 0.956. The van der Waals surface area contributed by atoms with Crippen LogP contribution in [0.5, 0.6) is 11.5 Å². The van der Waals surface area contributed by atoms with E-state index in [1.807, 2.05) is 0 Å². The number of esters is 1. The van der Waals surface area contributed by atoms with Crippen molar-refractivity contribution in [3.63, 3.8) is 0 Å². The first-order valence-electron chi connectivity index (χ1n) is 12.0.